The van der Waals surface area contributed by atoms with Crippen molar-refractivity contribution in [1.29, 1.82) is 0 Å². The number of aliphatic hydroxyl groups excluding tert-OH is 1. The van der Waals surface area contributed by atoms with Gasteiger partial charge in [-0.05, 0) is 38.6 Å². The van der Waals surface area contributed by atoms with Crippen LogP contribution in [-0.2, 0) is 28.8 Å². The number of aliphatic imine (C=N–C) groups is 1. The van der Waals surface area contributed by atoms with Gasteiger partial charge in [-0.1, -0.05) is 0 Å². The molecule has 1 fully saturated rings. The topological polar surface area (TPSA) is 288 Å². The van der Waals surface area contributed by atoms with E-state index in [1.54, 1.807) is 0 Å². The van der Waals surface area contributed by atoms with Crippen LogP contribution >= 0.6 is 0 Å². The molecule has 0 aromatic carbocycles. The normalized spacial score (nSPS) is 16.8. The Morgan fingerprint density at radius 1 is 0.895 bits per heavy atom. The van der Waals surface area contributed by atoms with Crippen molar-refractivity contribution in [3.8, 4) is 0 Å². The zero-order valence-electron chi connectivity index (χ0n) is 20.8. The smallest absolute Gasteiger partial charge is 0.322 e. The molecular weight excluding hydrogens is 508 g/mol. The van der Waals surface area contributed by atoms with Gasteiger partial charge < -0.3 is 53.4 Å². The third kappa shape index (κ3) is 12.3. The van der Waals surface area contributed by atoms with Gasteiger partial charge in [0.25, 0.3) is 0 Å². The summed E-state index contributed by atoms with van der Waals surface area (Å²) in [6.45, 7) is -0.777. The van der Waals surface area contributed by atoms with Gasteiger partial charge in [-0.3, -0.25) is 33.8 Å². The number of nitrogens with two attached hydrogens (primary N) is 2. The Bertz CT molecular complexity index is 888. The quantitative estimate of drug-likeness (QED) is 0.0469. The number of aliphatic hydroxyl groups is 1. The van der Waals surface area contributed by atoms with Gasteiger partial charge >= 0.3 is 11.9 Å². The van der Waals surface area contributed by atoms with Crippen LogP contribution in [0.15, 0.2) is 4.99 Å². The summed E-state index contributed by atoms with van der Waals surface area (Å²) >= 11 is 0. The number of carboxylic acids is 2. The van der Waals surface area contributed by atoms with Crippen LogP contribution in [0.1, 0.15) is 38.5 Å². The number of rotatable bonds is 17. The van der Waals surface area contributed by atoms with E-state index in [9.17, 15) is 33.9 Å². The summed E-state index contributed by atoms with van der Waals surface area (Å²) in [5, 5.41) is 39.6. The molecule has 214 valence electrons. The Labute approximate surface area is 218 Å². The van der Waals surface area contributed by atoms with E-state index < -0.39 is 79.3 Å². The van der Waals surface area contributed by atoms with Crippen molar-refractivity contribution < 1.29 is 44.1 Å². The van der Waals surface area contributed by atoms with Crippen molar-refractivity contribution in [3.05, 3.63) is 0 Å². The van der Waals surface area contributed by atoms with Crippen LogP contribution in [0.3, 0.4) is 0 Å². The SMILES string of the molecule is NC(N)=NCCC[C@@H](NC(=O)[C@@H](CCC(=O)O)NC(=O)[C@@H](CO)NC(=O)[C@H]1CCCN1)C(=O)NCC(=O)O. The number of aliphatic carboxylic acids is 2. The van der Waals surface area contributed by atoms with Crippen LogP contribution in [0.2, 0.25) is 0 Å². The number of guanidine groups is 1. The van der Waals surface area contributed by atoms with Crippen LogP contribution in [0, 0.1) is 0 Å². The van der Waals surface area contributed by atoms with Crippen LogP contribution in [0.5, 0.6) is 0 Å². The molecule has 0 aromatic rings. The van der Waals surface area contributed by atoms with Gasteiger partial charge in [-0.15, -0.1) is 0 Å². The molecule has 17 heteroatoms. The lowest BCUT2D eigenvalue weighted by molar-refractivity contribution is -0.139. The van der Waals surface area contributed by atoms with Gasteiger partial charge in [0.15, 0.2) is 5.96 Å². The number of carboxylic acid groups (broad SMARTS) is 2. The van der Waals surface area contributed by atoms with E-state index in [0.717, 1.165) is 6.42 Å². The summed E-state index contributed by atoms with van der Waals surface area (Å²) in [4.78, 5) is 76.2. The number of carbonyl (C=O) groups excluding carboxylic acids is 4. The Hall–Kier alpha value is -3.99. The standard InChI is InChI=1S/C21H36N8O9/c22-21(23)25-8-2-4-12(17(35)26-9-16(33)34)27-19(37)13(5-6-15(31)32)28-20(38)14(10-30)29-18(36)11-3-1-7-24-11/h11-14,24,30H,1-10H2,(H,26,35)(H,27,37)(H,28,38)(H,29,36)(H,31,32)(H,33,34)(H4,22,23,25)/t11-,12-,13-,14-/m1/s1. The van der Waals surface area contributed by atoms with Gasteiger partial charge in [0, 0.05) is 13.0 Å². The maximum atomic E-state index is 13.0. The van der Waals surface area contributed by atoms with Crippen LogP contribution in [0.4, 0.5) is 0 Å². The van der Waals surface area contributed by atoms with E-state index in [1.807, 2.05) is 0 Å². The van der Waals surface area contributed by atoms with Crippen molar-refractivity contribution in [1.82, 2.24) is 26.6 Å². The Balaban J connectivity index is 2.94. The molecule has 1 aliphatic heterocycles. The van der Waals surface area contributed by atoms with E-state index in [2.05, 4.69) is 31.6 Å². The average Bonchev–Trinajstić information content (AvgIpc) is 3.39. The highest BCUT2D eigenvalue weighted by Gasteiger charge is 2.31. The minimum absolute atomic E-state index is 0.0166. The number of hydrogen-bond donors (Lipinski definition) is 10. The monoisotopic (exact) mass is 544 g/mol. The number of nitrogens with zero attached hydrogens (tertiary/aromatic N) is 1. The highest BCUT2D eigenvalue weighted by molar-refractivity contribution is 5.95. The number of amides is 4. The molecule has 0 aromatic heterocycles. The van der Waals surface area contributed by atoms with Crippen LogP contribution < -0.4 is 38.1 Å². The molecule has 0 bridgehead atoms. The average molecular weight is 545 g/mol. The number of carbonyl (C=O) groups is 6. The number of nitrogens with one attached hydrogen (secondary N) is 5. The van der Waals surface area contributed by atoms with Crippen LogP contribution in [0.25, 0.3) is 0 Å². The second kappa shape index (κ2) is 16.7. The first kappa shape index (κ1) is 32.0. The molecule has 1 saturated heterocycles. The van der Waals surface area contributed by atoms with E-state index in [1.165, 1.54) is 0 Å². The first-order valence-electron chi connectivity index (χ1n) is 12.0. The minimum atomic E-state index is -1.46. The third-order valence-corrected chi connectivity index (χ3v) is 5.46. The van der Waals surface area contributed by atoms with Gasteiger partial charge in [-0.25, -0.2) is 0 Å². The van der Waals surface area contributed by atoms with E-state index in [0.29, 0.717) is 13.0 Å². The molecule has 4 amide bonds. The van der Waals surface area contributed by atoms with Crippen molar-refractivity contribution in [2.75, 3.05) is 26.2 Å². The summed E-state index contributed by atoms with van der Waals surface area (Å²) < 4.78 is 0. The predicted octanol–water partition coefficient (Wildman–Crippen LogP) is -4.70. The summed E-state index contributed by atoms with van der Waals surface area (Å²) in [5.74, 6) is -5.99. The summed E-state index contributed by atoms with van der Waals surface area (Å²) in [5.41, 5.74) is 10.5. The largest absolute Gasteiger partial charge is 0.481 e. The van der Waals surface area contributed by atoms with Gasteiger partial charge in [-0.2, -0.15) is 0 Å². The molecule has 38 heavy (non-hydrogen) atoms. The maximum Gasteiger partial charge on any atom is 0.322 e. The first-order chi connectivity index (χ1) is 17.9. The molecule has 0 aliphatic carbocycles. The zero-order chi connectivity index (χ0) is 28.7. The van der Waals surface area contributed by atoms with Crippen molar-refractivity contribution in [3.63, 3.8) is 0 Å². The highest BCUT2D eigenvalue weighted by Crippen LogP contribution is 2.06. The van der Waals surface area contributed by atoms with Crippen molar-refractivity contribution in [2.24, 2.45) is 16.5 Å². The molecular formula is C21H36N8O9. The lowest BCUT2D eigenvalue weighted by Gasteiger charge is -2.25. The highest BCUT2D eigenvalue weighted by atomic mass is 16.4. The molecule has 1 heterocycles. The number of hydrogen-bond acceptors (Lipinski definition) is 9. The molecule has 12 N–H and O–H groups in total. The molecule has 4 atom stereocenters. The molecule has 1 aliphatic rings. The molecule has 1 rings (SSSR count). The molecule has 0 spiro atoms. The first-order valence-corrected chi connectivity index (χ1v) is 12.0. The van der Waals surface area contributed by atoms with Gasteiger partial charge in [0.1, 0.15) is 24.7 Å². The molecule has 0 saturated carbocycles. The maximum absolute atomic E-state index is 13.0. The van der Waals surface area contributed by atoms with Gasteiger partial charge in [0.05, 0.1) is 12.6 Å². The fourth-order valence-corrected chi connectivity index (χ4v) is 3.51. The van der Waals surface area contributed by atoms with Crippen molar-refractivity contribution >= 4 is 41.5 Å². The summed E-state index contributed by atoms with van der Waals surface area (Å²) in [6.07, 6.45) is 0.602. The molecule has 0 radical (unpaired) electrons. The van der Waals surface area contributed by atoms with E-state index in [-0.39, 0.29) is 31.8 Å². The van der Waals surface area contributed by atoms with Crippen LogP contribution in [-0.4, -0.2) is 107 Å². The third-order valence-electron chi connectivity index (χ3n) is 5.46. The van der Waals surface area contributed by atoms with E-state index in [4.69, 9.17) is 21.7 Å². The molecule has 17 nitrogen and oxygen atoms in total. The fraction of sp³-hybridized carbons (Fsp3) is 0.667. The van der Waals surface area contributed by atoms with Gasteiger partial charge in [0.2, 0.25) is 23.6 Å². The molecule has 0 unspecified atom stereocenters. The second-order valence-electron chi connectivity index (χ2n) is 8.51. The Kier molecular flexibility index (Phi) is 14.1. The lowest BCUT2D eigenvalue weighted by atomic mass is 10.1. The minimum Gasteiger partial charge on any atom is -0.481 e. The second-order valence-corrected chi connectivity index (χ2v) is 8.51. The Morgan fingerprint density at radius 3 is 2.05 bits per heavy atom. The Morgan fingerprint density at radius 2 is 1.53 bits per heavy atom. The zero-order valence-corrected chi connectivity index (χ0v) is 20.8. The van der Waals surface area contributed by atoms with E-state index >= 15 is 0 Å². The van der Waals surface area contributed by atoms with Crippen molar-refractivity contribution in [2.45, 2.75) is 62.7 Å². The lowest BCUT2D eigenvalue weighted by Crippen LogP contribution is -2.58. The predicted molar refractivity (Wildman–Crippen MR) is 131 cm³/mol. The summed E-state index contributed by atoms with van der Waals surface area (Å²) in [7, 11) is 0. The summed E-state index contributed by atoms with van der Waals surface area (Å²) in [6, 6.07) is -4.67. The fourth-order valence-electron chi connectivity index (χ4n) is 3.51.